The van der Waals surface area contributed by atoms with Crippen molar-refractivity contribution < 1.29 is 26.0 Å². The molecule has 1 rings (SSSR count). The quantitative estimate of drug-likeness (QED) is 0.409. The molecule has 0 N–H and O–H groups in total. The Morgan fingerprint density at radius 2 is 1.95 bits per heavy atom. The third kappa shape index (κ3) is 5.22. The molecule has 9 heteroatoms. The Labute approximate surface area is 131 Å². The van der Waals surface area contributed by atoms with Crippen molar-refractivity contribution in [3.63, 3.8) is 0 Å². The van der Waals surface area contributed by atoms with Crippen LogP contribution in [0.15, 0.2) is 40.4 Å². The van der Waals surface area contributed by atoms with Crippen LogP contribution in [-0.4, -0.2) is 29.7 Å². The topological polar surface area (TPSA) is 78.8 Å². The Kier molecular flexibility index (Phi) is 6.76. The van der Waals surface area contributed by atoms with Gasteiger partial charge in [-0.25, -0.2) is 0 Å². The highest BCUT2D eigenvalue weighted by atomic mass is 32.2. The van der Waals surface area contributed by atoms with E-state index in [1.54, 1.807) is 13.0 Å². The molecule has 1 aromatic rings. The van der Waals surface area contributed by atoms with Crippen LogP contribution < -0.4 is 0 Å². The van der Waals surface area contributed by atoms with Crippen LogP contribution >= 0.6 is 0 Å². The molecule has 0 aromatic heterocycles. The Morgan fingerprint density at radius 3 is 2.50 bits per heavy atom. The van der Waals surface area contributed by atoms with E-state index in [0.29, 0.717) is 12.8 Å². The van der Waals surface area contributed by atoms with Gasteiger partial charge in [0.25, 0.3) is 0 Å². The van der Waals surface area contributed by atoms with Crippen LogP contribution in [0.5, 0.6) is 0 Å². The van der Waals surface area contributed by atoms with Crippen molar-refractivity contribution in [3.8, 4) is 0 Å². The van der Waals surface area contributed by atoms with Gasteiger partial charge in [0.05, 0.1) is 16.9 Å². The largest absolute Gasteiger partial charge is 0.606 e. The lowest BCUT2D eigenvalue weighted by Gasteiger charge is -2.19. The second-order valence-corrected chi connectivity index (χ2v) is 7.66. The maximum atomic E-state index is 14.0. The Bertz CT molecular complexity index is 606. The van der Waals surface area contributed by atoms with E-state index in [1.165, 1.54) is 24.3 Å². The summed E-state index contributed by atoms with van der Waals surface area (Å²) in [7, 11) is -4.01. The fraction of sp³-hybridized carbons (Fsp3) is 0.462. The molecule has 124 valence electrons. The standard InChI is InChI=1S/C13H17F2NO4S2/c1-3-4-10-22(18,19)20-16-11(2)13(14,15)21(17)12-8-6-5-7-9-12/h5-9H,3-4,10H2,1-2H3. The second kappa shape index (κ2) is 7.89. The average Bonchev–Trinajstić information content (AvgIpc) is 2.50. The van der Waals surface area contributed by atoms with E-state index < -0.39 is 32.3 Å². The Hall–Kier alpha value is -1.19. The SMILES string of the molecule is CCCCS(=O)(=O)ON=C(C)C(F)(F)[S+]([O-])c1ccccc1. The lowest BCUT2D eigenvalue weighted by molar-refractivity contribution is 0.163. The van der Waals surface area contributed by atoms with Crippen molar-refractivity contribution in [1.29, 1.82) is 0 Å². The fourth-order valence-electron chi connectivity index (χ4n) is 1.35. The van der Waals surface area contributed by atoms with Crippen molar-refractivity contribution in [2.24, 2.45) is 5.16 Å². The number of halogens is 2. The van der Waals surface area contributed by atoms with Gasteiger partial charge < -0.3 is 4.55 Å². The highest BCUT2D eigenvalue weighted by molar-refractivity contribution is 7.93. The zero-order chi connectivity index (χ0) is 16.8. The minimum atomic E-state index is -4.01. The van der Waals surface area contributed by atoms with Crippen LogP contribution in [-0.2, 0) is 25.6 Å². The second-order valence-electron chi connectivity index (χ2n) is 4.47. The summed E-state index contributed by atoms with van der Waals surface area (Å²) in [6.07, 6.45) is 0.947. The summed E-state index contributed by atoms with van der Waals surface area (Å²) in [5, 5.41) is -0.879. The van der Waals surface area contributed by atoms with E-state index in [1.807, 2.05) is 0 Å². The molecule has 0 radical (unpaired) electrons. The van der Waals surface area contributed by atoms with Gasteiger partial charge in [-0.2, -0.15) is 8.42 Å². The number of benzene rings is 1. The summed E-state index contributed by atoms with van der Waals surface area (Å²) in [5.41, 5.74) is -0.963. The molecule has 0 saturated carbocycles. The molecule has 1 aromatic carbocycles. The average molecular weight is 353 g/mol. The number of hydrogen-bond acceptors (Lipinski definition) is 5. The van der Waals surface area contributed by atoms with E-state index >= 15 is 0 Å². The first kappa shape index (κ1) is 18.9. The van der Waals surface area contributed by atoms with Crippen LogP contribution in [0.2, 0.25) is 0 Å². The van der Waals surface area contributed by atoms with Crippen molar-refractivity contribution in [2.75, 3.05) is 5.75 Å². The summed E-state index contributed by atoms with van der Waals surface area (Å²) in [4.78, 5) is -0.0871. The van der Waals surface area contributed by atoms with E-state index in [9.17, 15) is 21.8 Å². The molecule has 22 heavy (non-hydrogen) atoms. The smallest absolute Gasteiger partial charge is 0.455 e. The molecule has 0 saturated heterocycles. The molecule has 0 bridgehead atoms. The molecule has 1 unspecified atom stereocenters. The molecule has 0 fully saturated rings. The van der Waals surface area contributed by atoms with Gasteiger partial charge in [-0.05, 0) is 25.5 Å². The molecular formula is C13H17F2NO4S2. The van der Waals surface area contributed by atoms with Crippen LogP contribution in [0.25, 0.3) is 0 Å². The first-order chi connectivity index (χ1) is 10.2. The highest BCUT2D eigenvalue weighted by Gasteiger charge is 2.49. The predicted molar refractivity (Wildman–Crippen MR) is 80.7 cm³/mol. The van der Waals surface area contributed by atoms with E-state index in [4.69, 9.17) is 0 Å². The van der Waals surface area contributed by atoms with Crippen molar-refractivity contribution >= 4 is 27.0 Å². The number of hydrogen-bond donors (Lipinski definition) is 0. The van der Waals surface area contributed by atoms with Gasteiger partial charge in [0, 0.05) is 0 Å². The van der Waals surface area contributed by atoms with Crippen LogP contribution in [0.3, 0.4) is 0 Å². The first-order valence-electron chi connectivity index (χ1n) is 6.52. The minimum Gasteiger partial charge on any atom is -0.606 e. The molecule has 0 spiro atoms. The summed E-state index contributed by atoms with van der Waals surface area (Å²) >= 11 is -2.70. The lowest BCUT2D eigenvalue weighted by Crippen LogP contribution is -2.36. The van der Waals surface area contributed by atoms with Gasteiger partial charge in [-0.1, -0.05) is 36.7 Å². The minimum absolute atomic E-state index is 0.0871. The van der Waals surface area contributed by atoms with E-state index in [-0.39, 0.29) is 10.6 Å². The molecule has 0 heterocycles. The third-order valence-electron chi connectivity index (χ3n) is 2.65. The molecule has 1 atom stereocenters. The van der Waals surface area contributed by atoms with E-state index in [0.717, 1.165) is 6.92 Å². The van der Waals surface area contributed by atoms with Gasteiger partial charge in [0.1, 0.15) is 0 Å². The molecule has 0 aliphatic heterocycles. The van der Waals surface area contributed by atoms with Crippen LogP contribution in [0, 0.1) is 0 Å². The zero-order valence-corrected chi connectivity index (χ0v) is 13.8. The Morgan fingerprint density at radius 1 is 1.36 bits per heavy atom. The van der Waals surface area contributed by atoms with Gasteiger partial charge >= 0.3 is 15.4 Å². The molecule has 0 aliphatic carbocycles. The number of rotatable bonds is 8. The van der Waals surface area contributed by atoms with Crippen molar-refractivity contribution in [3.05, 3.63) is 30.3 Å². The van der Waals surface area contributed by atoms with Crippen molar-refractivity contribution in [1.82, 2.24) is 0 Å². The summed E-state index contributed by atoms with van der Waals surface area (Å²) in [5.74, 6) is -0.312. The summed E-state index contributed by atoms with van der Waals surface area (Å²) in [6.45, 7) is 2.65. The van der Waals surface area contributed by atoms with Gasteiger partial charge in [0.2, 0.25) is 0 Å². The monoisotopic (exact) mass is 353 g/mol. The predicted octanol–water partition coefficient (Wildman–Crippen LogP) is 2.91. The fourth-order valence-corrected chi connectivity index (χ4v) is 3.30. The first-order valence-corrected chi connectivity index (χ1v) is 9.24. The number of nitrogens with zero attached hydrogens (tertiary/aromatic N) is 1. The molecular weight excluding hydrogens is 336 g/mol. The Balaban J connectivity index is 2.85. The normalized spacial score (nSPS) is 14.7. The van der Waals surface area contributed by atoms with Crippen LogP contribution in [0.4, 0.5) is 8.78 Å². The maximum Gasteiger partial charge on any atom is 0.455 e. The highest BCUT2D eigenvalue weighted by Crippen LogP contribution is 2.30. The van der Waals surface area contributed by atoms with Crippen molar-refractivity contribution in [2.45, 2.75) is 36.8 Å². The van der Waals surface area contributed by atoms with E-state index in [2.05, 4.69) is 9.44 Å². The molecule has 0 aliphatic rings. The zero-order valence-electron chi connectivity index (χ0n) is 12.2. The lowest BCUT2D eigenvalue weighted by atomic mass is 10.4. The number of unbranched alkanes of at least 4 members (excludes halogenated alkanes) is 1. The third-order valence-corrected chi connectivity index (χ3v) is 5.20. The van der Waals surface area contributed by atoms with Gasteiger partial charge in [-0.3, -0.25) is 4.28 Å². The number of alkyl halides is 2. The van der Waals surface area contributed by atoms with Gasteiger partial charge in [0.15, 0.2) is 10.6 Å². The van der Waals surface area contributed by atoms with Crippen LogP contribution in [0.1, 0.15) is 26.7 Å². The molecule has 5 nitrogen and oxygen atoms in total. The summed E-state index contributed by atoms with van der Waals surface area (Å²) in [6, 6.07) is 7.12. The van der Waals surface area contributed by atoms with Gasteiger partial charge in [-0.15, -0.1) is 8.78 Å². The number of oxime groups is 1. The summed E-state index contributed by atoms with van der Waals surface area (Å²) < 4.78 is 66.9. The molecule has 0 amide bonds. The maximum absolute atomic E-state index is 14.0.